The van der Waals surface area contributed by atoms with Crippen molar-refractivity contribution in [2.75, 3.05) is 6.54 Å². The Labute approximate surface area is 159 Å². The summed E-state index contributed by atoms with van der Waals surface area (Å²) < 4.78 is 1.77. The molecule has 1 aromatic carbocycles. The second kappa shape index (κ2) is 7.87. The van der Waals surface area contributed by atoms with Gasteiger partial charge >= 0.3 is 0 Å². The lowest BCUT2D eigenvalue weighted by Gasteiger charge is -2.06. The van der Waals surface area contributed by atoms with Crippen molar-refractivity contribution in [2.45, 2.75) is 6.92 Å². The third-order valence-electron chi connectivity index (χ3n) is 3.31. The molecule has 3 aromatic rings. The van der Waals surface area contributed by atoms with Gasteiger partial charge in [0.05, 0.1) is 29.2 Å². The average molecular weight is 391 g/mol. The first-order valence-corrected chi connectivity index (χ1v) is 9.17. The van der Waals surface area contributed by atoms with Crippen molar-refractivity contribution in [3.05, 3.63) is 74.6 Å². The molecule has 0 fully saturated rings. The largest absolute Gasteiger partial charge is 0.360 e. The van der Waals surface area contributed by atoms with Gasteiger partial charge in [-0.15, -0.1) is 11.3 Å². The summed E-state index contributed by atoms with van der Waals surface area (Å²) in [5.74, 6) is 0. The quantitative estimate of drug-likeness (QED) is 0.459. The topological polar surface area (TPSA) is 45.4 Å². The number of nitrogens with zero attached hydrogens (tertiary/aromatic N) is 3. The Morgan fingerprint density at radius 3 is 2.92 bits per heavy atom. The first-order valence-electron chi connectivity index (χ1n) is 7.53. The minimum Gasteiger partial charge on any atom is -0.360 e. The summed E-state index contributed by atoms with van der Waals surface area (Å²) in [5.41, 5.74) is 3.52. The maximum Gasteiger partial charge on any atom is 0.206 e. The Morgan fingerprint density at radius 1 is 1.36 bits per heavy atom. The third kappa shape index (κ3) is 4.31. The van der Waals surface area contributed by atoms with Crippen LogP contribution in [0.1, 0.15) is 12.6 Å². The molecular weight excluding hydrogens is 375 g/mol. The number of halogens is 2. The molecule has 3 rings (SSSR count). The van der Waals surface area contributed by atoms with Crippen molar-refractivity contribution in [3.8, 4) is 11.3 Å². The fourth-order valence-electron chi connectivity index (χ4n) is 2.15. The van der Waals surface area contributed by atoms with Gasteiger partial charge in [0.1, 0.15) is 0 Å². The molecule has 4 nitrogen and oxygen atoms in total. The molecule has 0 radical (unpaired) electrons. The van der Waals surface area contributed by atoms with Crippen LogP contribution in [0.3, 0.4) is 0 Å². The van der Waals surface area contributed by atoms with Gasteiger partial charge in [-0.2, -0.15) is 5.10 Å². The molecule has 0 atom stereocenters. The summed E-state index contributed by atoms with van der Waals surface area (Å²) in [5, 5.41) is 7.78. The molecule has 7 heteroatoms. The summed E-state index contributed by atoms with van der Waals surface area (Å²) in [6, 6.07) is 9.22. The van der Waals surface area contributed by atoms with Crippen LogP contribution >= 0.6 is 34.5 Å². The molecule has 25 heavy (non-hydrogen) atoms. The number of hydrogen-bond acceptors (Lipinski definition) is 3. The third-order valence-corrected chi connectivity index (χ3v) is 4.73. The lowest BCUT2D eigenvalue weighted by atomic mass is 10.2. The zero-order valence-corrected chi connectivity index (χ0v) is 15.9. The highest BCUT2D eigenvalue weighted by Crippen LogP contribution is 2.30. The number of aromatic nitrogens is 2. The maximum absolute atomic E-state index is 6.37. The van der Waals surface area contributed by atoms with Crippen molar-refractivity contribution in [1.82, 2.24) is 9.66 Å². The van der Waals surface area contributed by atoms with Crippen molar-refractivity contribution < 1.29 is 0 Å². The molecule has 0 amide bonds. The number of hydrogen-bond donors (Lipinski definition) is 1. The normalized spacial score (nSPS) is 12.2. The van der Waals surface area contributed by atoms with E-state index in [2.05, 4.69) is 21.7 Å². The minimum atomic E-state index is 0.543. The van der Waals surface area contributed by atoms with Gasteiger partial charge in [0.2, 0.25) is 4.80 Å². The summed E-state index contributed by atoms with van der Waals surface area (Å²) in [6.07, 6.45) is 3.59. The van der Waals surface area contributed by atoms with E-state index >= 15 is 0 Å². The molecule has 0 saturated heterocycles. The van der Waals surface area contributed by atoms with E-state index in [-0.39, 0.29) is 0 Å². The second-order valence-corrected chi connectivity index (χ2v) is 7.16. The Morgan fingerprint density at radius 2 is 2.20 bits per heavy atom. The van der Waals surface area contributed by atoms with E-state index in [4.69, 9.17) is 23.2 Å². The van der Waals surface area contributed by atoms with Crippen molar-refractivity contribution in [2.24, 2.45) is 10.1 Å². The van der Waals surface area contributed by atoms with Crippen LogP contribution in [0.2, 0.25) is 10.0 Å². The first-order chi connectivity index (χ1) is 12.0. The predicted molar refractivity (Wildman–Crippen MR) is 107 cm³/mol. The van der Waals surface area contributed by atoms with Gasteiger partial charge in [-0.05, 0) is 37.3 Å². The fourth-order valence-corrected chi connectivity index (χ4v) is 3.36. The molecule has 0 bridgehead atoms. The van der Waals surface area contributed by atoms with E-state index < -0.39 is 0 Å². The standard InChI is InChI=1S/C18H16Cl2N4S/c1-12(2)9-22-18-24(23-10-14-4-3-7-21-14)17(11-25-18)15-8-13(19)5-6-16(15)20/h3-8,10-11,21H,1,9H2,2H3. The number of aromatic amines is 1. The van der Waals surface area contributed by atoms with Gasteiger partial charge in [0.15, 0.2) is 0 Å². The van der Waals surface area contributed by atoms with E-state index in [1.54, 1.807) is 23.0 Å². The lowest BCUT2D eigenvalue weighted by Crippen LogP contribution is -2.13. The summed E-state index contributed by atoms with van der Waals surface area (Å²) in [6.45, 7) is 6.38. The van der Waals surface area contributed by atoms with Crippen LogP contribution < -0.4 is 4.80 Å². The van der Waals surface area contributed by atoms with Gasteiger partial charge in [0.25, 0.3) is 0 Å². The second-order valence-electron chi connectivity index (χ2n) is 5.48. The summed E-state index contributed by atoms with van der Waals surface area (Å²) >= 11 is 14.0. The first kappa shape index (κ1) is 17.7. The highest BCUT2D eigenvalue weighted by molar-refractivity contribution is 7.07. The maximum atomic E-state index is 6.37. The van der Waals surface area contributed by atoms with Crippen molar-refractivity contribution in [1.29, 1.82) is 0 Å². The van der Waals surface area contributed by atoms with Gasteiger partial charge in [-0.1, -0.05) is 35.4 Å². The van der Waals surface area contributed by atoms with Crippen LogP contribution in [0, 0.1) is 0 Å². The average Bonchev–Trinajstić information content (AvgIpc) is 3.22. The van der Waals surface area contributed by atoms with Crippen LogP contribution in [-0.4, -0.2) is 22.4 Å². The monoisotopic (exact) mass is 390 g/mol. The predicted octanol–water partition coefficient (Wildman–Crippen LogP) is 5.21. The highest BCUT2D eigenvalue weighted by Gasteiger charge is 2.11. The van der Waals surface area contributed by atoms with E-state index in [0.717, 1.165) is 27.3 Å². The number of nitrogens with one attached hydrogen (secondary N) is 1. The molecule has 0 aliphatic rings. The Hall–Kier alpha value is -2.08. The van der Waals surface area contributed by atoms with Gasteiger partial charge in [-0.25, -0.2) is 4.68 Å². The molecule has 0 saturated carbocycles. The Kier molecular flexibility index (Phi) is 5.58. The Bertz CT molecular complexity index is 981. The van der Waals surface area contributed by atoms with Gasteiger partial charge < -0.3 is 4.98 Å². The Balaban J connectivity index is 2.13. The van der Waals surface area contributed by atoms with Crippen molar-refractivity contribution >= 4 is 40.8 Å². The number of H-pyrrole nitrogens is 1. The molecule has 128 valence electrons. The van der Waals surface area contributed by atoms with E-state index in [0.29, 0.717) is 16.6 Å². The SMILES string of the molecule is C=C(C)CN=c1scc(-c2cc(Cl)ccc2Cl)n1N=Cc1ccc[nH]1. The zero-order chi connectivity index (χ0) is 17.8. The highest BCUT2D eigenvalue weighted by atomic mass is 35.5. The van der Waals surface area contributed by atoms with Crippen LogP contribution in [-0.2, 0) is 0 Å². The molecule has 0 unspecified atom stereocenters. The van der Waals surface area contributed by atoms with Crippen LogP contribution in [0.25, 0.3) is 11.3 Å². The van der Waals surface area contributed by atoms with E-state index in [1.165, 1.54) is 11.3 Å². The van der Waals surface area contributed by atoms with Gasteiger partial charge in [0, 0.05) is 22.2 Å². The molecule has 2 heterocycles. The molecule has 1 N–H and O–H groups in total. The van der Waals surface area contributed by atoms with E-state index in [9.17, 15) is 0 Å². The van der Waals surface area contributed by atoms with Crippen molar-refractivity contribution in [3.63, 3.8) is 0 Å². The van der Waals surface area contributed by atoms with Gasteiger partial charge in [-0.3, -0.25) is 4.99 Å². The number of rotatable bonds is 5. The molecular formula is C18H16Cl2N4S. The lowest BCUT2D eigenvalue weighted by molar-refractivity contribution is 0.835. The summed E-state index contributed by atoms with van der Waals surface area (Å²) in [4.78, 5) is 8.44. The van der Waals surface area contributed by atoms with E-state index in [1.807, 2.05) is 36.7 Å². The van der Waals surface area contributed by atoms with Crippen LogP contribution in [0.4, 0.5) is 0 Å². The smallest absolute Gasteiger partial charge is 0.206 e. The zero-order valence-electron chi connectivity index (χ0n) is 13.5. The fraction of sp³-hybridized carbons (Fsp3) is 0.111. The molecule has 0 spiro atoms. The van der Waals surface area contributed by atoms with Crippen LogP contribution in [0.5, 0.6) is 0 Å². The summed E-state index contributed by atoms with van der Waals surface area (Å²) in [7, 11) is 0. The minimum absolute atomic E-state index is 0.543. The molecule has 0 aliphatic heterocycles. The molecule has 0 aliphatic carbocycles. The number of benzene rings is 1. The number of thiazole rings is 1. The molecule has 2 aromatic heterocycles. The van der Waals surface area contributed by atoms with Crippen LogP contribution in [0.15, 0.2) is 64.2 Å².